The van der Waals surface area contributed by atoms with E-state index in [1.165, 1.54) is 0 Å². The second-order valence-corrected chi connectivity index (χ2v) is 3.80. The van der Waals surface area contributed by atoms with Crippen LogP contribution in [0.5, 0.6) is 0 Å². The molecular formula is C10H22ClNO. The van der Waals surface area contributed by atoms with Gasteiger partial charge in [0.15, 0.2) is 0 Å². The Kier molecular flexibility index (Phi) is 8.93. The van der Waals surface area contributed by atoms with Crippen molar-refractivity contribution >= 4 is 11.6 Å². The fourth-order valence-corrected chi connectivity index (χ4v) is 1.21. The Morgan fingerprint density at radius 1 is 1.31 bits per heavy atom. The van der Waals surface area contributed by atoms with E-state index < -0.39 is 0 Å². The average Bonchev–Trinajstić information content (AvgIpc) is 2.16. The summed E-state index contributed by atoms with van der Waals surface area (Å²) in [5, 5.41) is 3.38. The minimum absolute atomic E-state index is 0.475. The highest BCUT2D eigenvalue weighted by Crippen LogP contribution is 2.03. The van der Waals surface area contributed by atoms with E-state index in [0.717, 1.165) is 26.2 Å². The number of hydrogen-bond acceptors (Lipinski definition) is 2. The third kappa shape index (κ3) is 7.29. The molecule has 0 aliphatic heterocycles. The molecule has 0 heterocycles. The van der Waals surface area contributed by atoms with E-state index >= 15 is 0 Å². The molecule has 0 rings (SSSR count). The molecule has 0 amide bonds. The van der Waals surface area contributed by atoms with Crippen LogP contribution in [0, 0.1) is 5.92 Å². The van der Waals surface area contributed by atoms with Gasteiger partial charge in [-0.05, 0) is 19.3 Å². The second-order valence-electron chi connectivity index (χ2n) is 3.49. The summed E-state index contributed by atoms with van der Waals surface area (Å²) in [6.07, 6.45) is 1.09. The summed E-state index contributed by atoms with van der Waals surface area (Å²) in [6, 6.07) is 0.475. The zero-order valence-electron chi connectivity index (χ0n) is 8.98. The van der Waals surface area contributed by atoms with E-state index in [1.807, 2.05) is 0 Å². The quantitative estimate of drug-likeness (QED) is 0.487. The largest absolute Gasteiger partial charge is 0.380 e. The number of rotatable bonds is 8. The molecule has 3 heteroatoms. The summed E-state index contributed by atoms with van der Waals surface area (Å²) >= 11 is 5.74. The van der Waals surface area contributed by atoms with Crippen LogP contribution in [-0.4, -0.2) is 31.7 Å². The van der Waals surface area contributed by atoms with Crippen LogP contribution in [0.15, 0.2) is 0 Å². The fourth-order valence-electron chi connectivity index (χ4n) is 0.940. The number of nitrogens with one attached hydrogen (secondary N) is 1. The van der Waals surface area contributed by atoms with Crippen molar-refractivity contribution in [3.05, 3.63) is 0 Å². The van der Waals surface area contributed by atoms with Crippen LogP contribution in [0.3, 0.4) is 0 Å². The van der Waals surface area contributed by atoms with Gasteiger partial charge < -0.3 is 10.1 Å². The maximum absolute atomic E-state index is 5.74. The summed E-state index contributed by atoms with van der Waals surface area (Å²) < 4.78 is 5.35. The van der Waals surface area contributed by atoms with Gasteiger partial charge in [0.25, 0.3) is 0 Å². The van der Waals surface area contributed by atoms with Gasteiger partial charge in [0.05, 0.1) is 6.61 Å². The number of halogens is 1. The molecule has 0 fully saturated rings. The second kappa shape index (κ2) is 8.79. The van der Waals surface area contributed by atoms with Crippen molar-refractivity contribution in [2.75, 3.05) is 25.6 Å². The van der Waals surface area contributed by atoms with Crippen molar-refractivity contribution in [2.24, 2.45) is 5.92 Å². The summed E-state index contributed by atoms with van der Waals surface area (Å²) in [6.45, 7) is 9.01. The Balaban J connectivity index is 3.21. The summed E-state index contributed by atoms with van der Waals surface area (Å²) in [5.41, 5.74) is 0. The summed E-state index contributed by atoms with van der Waals surface area (Å²) in [7, 11) is 0. The Morgan fingerprint density at radius 2 is 2.00 bits per heavy atom. The first-order chi connectivity index (χ1) is 6.22. The SMILES string of the molecule is CCCOCCNC(C)C(C)CCl. The van der Waals surface area contributed by atoms with E-state index in [9.17, 15) is 0 Å². The lowest BCUT2D eigenvalue weighted by Crippen LogP contribution is -2.35. The number of alkyl halides is 1. The van der Waals surface area contributed by atoms with Crippen LogP contribution in [-0.2, 0) is 4.74 Å². The van der Waals surface area contributed by atoms with E-state index in [0.29, 0.717) is 17.8 Å². The van der Waals surface area contributed by atoms with Gasteiger partial charge in [-0.1, -0.05) is 13.8 Å². The fraction of sp³-hybridized carbons (Fsp3) is 1.00. The topological polar surface area (TPSA) is 21.3 Å². The predicted octanol–water partition coefficient (Wildman–Crippen LogP) is 2.27. The molecule has 0 bridgehead atoms. The molecule has 0 saturated carbocycles. The van der Waals surface area contributed by atoms with E-state index in [4.69, 9.17) is 16.3 Å². The van der Waals surface area contributed by atoms with Gasteiger partial charge in [-0.25, -0.2) is 0 Å². The van der Waals surface area contributed by atoms with Gasteiger partial charge in [0.1, 0.15) is 0 Å². The van der Waals surface area contributed by atoms with Crippen LogP contribution in [0.25, 0.3) is 0 Å². The molecule has 0 radical (unpaired) electrons. The van der Waals surface area contributed by atoms with Crippen LogP contribution in [0.1, 0.15) is 27.2 Å². The van der Waals surface area contributed by atoms with Gasteiger partial charge >= 0.3 is 0 Å². The first-order valence-corrected chi connectivity index (χ1v) is 5.62. The molecule has 2 nitrogen and oxygen atoms in total. The molecule has 2 atom stereocenters. The van der Waals surface area contributed by atoms with E-state index in [1.54, 1.807) is 0 Å². The van der Waals surface area contributed by atoms with E-state index in [2.05, 4.69) is 26.1 Å². The molecule has 2 unspecified atom stereocenters. The van der Waals surface area contributed by atoms with Gasteiger partial charge in [0, 0.05) is 25.1 Å². The lowest BCUT2D eigenvalue weighted by molar-refractivity contribution is 0.133. The van der Waals surface area contributed by atoms with Crippen LogP contribution in [0.4, 0.5) is 0 Å². The van der Waals surface area contributed by atoms with E-state index in [-0.39, 0.29) is 0 Å². The number of hydrogen-bond donors (Lipinski definition) is 1. The molecule has 0 aliphatic carbocycles. The molecule has 1 N–H and O–H groups in total. The normalized spacial score (nSPS) is 15.7. The highest BCUT2D eigenvalue weighted by Gasteiger charge is 2.08. The molecule has 0 aliphatic rings. The molecule has 0 aromatic rings. The minimum Gasteiger partial charge on any atom is -0.380 e. The highest BCUT2D eigenvalue weighted by atomic mass is 35.5. The Bertz CT molecular complexity index is 111. The van der Waals surface area contributed by atoms with Crippen molar-refractivity contribution < 1.29 is 4.74 Å². The minimum atomic E-state index is 0.475. The molecule has 80 valence electrons. The first-order valence-electron chi connectivity index (χ1n) is 5.09. The third-order valence-electron chi connectivity index (χ3n) is 2.16. The van der Waals surface area contributed by atoms with Crippen molar-refractivity contribution in [1.29, 1.82) is 0 Å². The zero-order chi connectivity index (χ0) is 10.1. The van der Waals surface area contributed by atoms with Crippen LogP contribution in [0.2, 0.25) is 0 Å². The number of ether oxygens (including phenoxy) is 1. The Labute approximate surface area is 87.0 Å². The predicted molar refractivity (Wildman–Crippen MR) is 58.5 cm³/mol. The third-order valence-corrected chi connectivity index (χ3v) is 2.64. The van der Waals surface area contributed by atoms with Gasteiger partial charge in [-0.15, -0.1) is 11.6 Å². The van der Waals surface area contributed by atoms with Gasteiger partial charge in [0.2, 0.25) is 0 Å². The average molecular weight is 208 g/mol. The van der Waals surface area contributed by atoms with Crippen molar-refractivity contribution in [3.8, 4) is 0 Å². The highest BCUT2D eigenvalue weighted by molar-refractivity contribution is 6.18. The maximum atomic E-state index is 5.74. The molecule has 0 saturated heterocycles. The van der Waals surface area contributed by atoms with Gasteiger partial charge in [-0.2, -0.15) is 0 Å². The molecular weight excluding hydrogens is 186 g/mol. The van der Waals surface area contributed by atoms with Crippen molar-refractivity contribution in [3.63, 3.8) is 0 Å². The van der Waals surface area contributed by atoms with Crippen LogP contribution < -0.4 is 5.32 Å². The first kappa shape index (κ1) is 13.2. The Morgan fingerprint density at radius 3 is 2.54 bits per heavy atom. The smallest absolute Gasteiger partial charge is 0.0590 e. The lowest BCUT2D eigenvalue weighted by Gasteiger charge is -2.18. The van der Waals surface area contributed by atoms with Gasteiger partial charge in [-0.3, -0.25) is 0 Å². The maximum Gasteiger partial charge on any atom is 0.0590 e. The molecule has 0 aromatic carbocycles. The van der Waals surface area contributed by atoms with Crippen molar-refractivity contribution in [1.82, 2.24) is 5.32 Å². The molecule has 13 heavy (non-hydrogen) atoms. The Hall–Kier alpha value is 0.210. The standard InChI is InChI=1S/C10H22ClNO/c1-4-6-13-7-5-12-10(3)9(2)8-11/h9-10,12H,4-8H2,1-3H3. The lowest BCUT2D eigenvalue weighted by atomic mass is 10.1. The summed E-state index contributed by atoms with van der Waals surface area (Å²) in [4.78, 5) is 0. The van der Waals surface area contributed by atoms with Crippen LogP contribution >= 0.6 is 11.6 Å². The molecule has 0 aromatic heterocycles. The monoisotopic (exact) mass is 207 g/mol. The summed E-state index contributed by atoms with van der Waals surface area (Å²) in [5.74, 6) is 1.23. The van der Waals surface area contributed by atoms with Crippen molar-refractivity contribution in [2.45, 2.75) is 33.2 Å². The zero-order valence-corrected chi connectivity index (χ0v) is 9.73. The molecule has 0 spiro atoms.